The molecular weight excluding hydrogens is 304 g/mol. The molecule has 0 bridgehead atoms. The minimum atomic E-state index is -0.423. The number of imidazole rings is 1. The van der Waals surface area contributed by atoms with Crippen LogP contribution in [-0.4, -0.2) is 23.0 Å². The zero-order chi connectivity index (χ0) is 16.8. The summed E-state index contributed by atoms with van der Waals surface area (Å²) in [5.74, 6) is 1.08. The first kappa shape index (κ1) is 15.8. The van der Waals surface area contributed by atoms with E-state index in [1.165, 1.54) is 13.3 Å². The zero-order valence-electron chi connectivity index (χ0n) is 13.4. The summed E-state index contributed by atoms with van der Waals surface area (Å²) < 4.78 is 10.5. The van der Waals surface area contributed by atoms with Crippen molar-refractivity contribution in [3.05, 3.63) is 83.4 Å². The van der Waals surface area contributed by atoms with Crippen LogP contribution in [0.5, 0.6) is 5.75 Å². The van der Waals surface area contributed by atoms with Crippen LogP contribution in [0.2, 0.25) is 0 Å². The van der Waals surface area contributed by atoms with Gasteiger partial charge in [-0.1, -0.05) is 42.5 Å². The molecular formula is C19H18N2O3. The molecule has 24 heavy (non-hydrogen) atoms. The number of nitrogens with one attached hydrogen (secondary N) is 1. The second-order valence-corrected chi connectivity index (χ2v) is 5.33. The highest BCUT2D eigenvalue weighted by atomic mass is 16.5. The third-order valence-corrected chi connectivity index (χ3v) is 3.55. The number of aromatic amines is 1. The molecule has 0 saturated carbocycles. The molecule has 1 N–H and O–H groups in total. The number of hydrogen-bond donors (Lipinski definition) is 1. The number of methoxy groups -OCH3 is 1. The smallest absolute Gasteiger partial charge is 0.356 e. The van der Waals surface area contributed by atoms with E-state index in [1.54, 1.807) is 0 Å². The number of nitrogens with zero attached hydrogens (tertiary/aromatic N) is 1. The largest absolute Gasteiger partial charge is 0.489 e. The molecule has 3 aromatic rings. The number of carbonyl (C=O) groups excluding carboxylic acids is 1. The standard InChI is InChI=1S/C19H18N2O3/c1-23-19(22)17-12-20-18(21-17)11-15-8-5-9-16(10-15)24-13-14-6-3-2-4-7-14/h2-10,12H,11,13H2,1H3,(H,20,21). The molecule has 0 aliphatic rings. The molecule has 0 amide bonds. The third kappa shape index (κ3) is 4.01. The summed E-state index contributed by atoms with van der Waals surface area (Å²) in [6.07, 6.45) is 2.07. The first-order valence-electron chi connectivity index (χ1n) is 7.62. The van der Waals surface area contributed by atoms with Crippen molar-refractivity contribution in [3.8, 4) is 5.75 Å². The van der Waals surface area contributed by atoms with Gasteiger partial charge in [0.1, 0.15) is 23.9 Å². The maximum Gasteiger partial charge on any atom is 0.356 e. The Morgan fingerprint density at radius 3 is 2.67 bits per heavy atom. The number of esters is 1. The van der Waals surface area contributed by atoms with E-state index in [2.05, 4.69) is 14.7 Å². The van der Waals surface area contributed by atoms with Crippen LogP contribution in [0.1, 0.15) is 27.4 Å². The number of aromatic nitrogens is 2. The van der Waals surface area contributed by atoms with Crippen LogP contribution < -0.4 is 4.74 Å². The van der Waals surface area contributed by atoms with Gasteiger partial charge in [-0.05, 0) is 23.3 Å². The molecule has 3 rings (SSSR count). The topological polar surface area (TPSA) is 64.2 Å². The summed E-state index contributed by atoms with van der Waals surface area (Å²) in [7, 11) is 1.34. The number of H-pyrrole nitrogens is 1. The third-order valence-electron chi connectivity index (χ3n) is 3.55. The molecule has 122 valence electrons. The van der Waals surface area contributed by atoms with Crippen molar-refractivity contribution < 1.29 is 14.3 Å². The number of carbonyl (C=O) groups is 1. The molecule has 0 fully saturated rings. The van der Waals surface area contributed by atoms with Gasteiger partial charge in [0.15, 0.2) is 0 Å². The van der Waals surface area contributed by atoms with Crippen molar-refractivity contribution in [3.63, 3.8) is 0 Å². The monoisotopic (exact) mass is 322 g/mol. The SMILES string of the molecule is COC(=O)c1cnc(Cc2cccc(OCc3ccccc3)c2)[nH]1. The summed E-state index contributed by atoms with van der Waals surface area (Å²) >= 11 is 0. The van der Waals surface area contributed by atoms with Crippen LogP contribution in [0.15, 0.2) is 60.8 Å². The van der Waals surface area contributed by atoms with Crippen LogP contribution in [0, 0.1) is 0 Å². The lowest BCUT2D eigenvalue weighted by Gasteiger charge is -2.07. The maximum absolute atomic E-state index is 11.4. The number of rotatable bonds is 6. The maximum atomic E-state index is 11.4. The van der Waals surface area contributed by atoms with E-state index < -0.39 is 5.97 Å². The molecule has 0 radical (unpaired) electrons. The van der Waals surface area contributed by atoms with Gasteiger partial charge in [0.2, 0.25) is 0 Å². The van der Waals surface area contributed by atoms with Crippen molar-refractivity contribution in [1.82, 2.24) is 9.97 Å². The fourth-order valence-corrected chi connectivity index (χ4v) is 2.35. The summed E-state index contributed by atoms with van der Waals surface area (Å²) in [5, 5.41) is 0. The highest BCUT2D eigenvalue weighted by molar-refractivity contribution is 5.86. The van der Waals surface area contributed by atoms with Gasteiger partial charge in [-0.3, -0.25) is 0 Å². The summed E-state index contributed by atoms with van der Waals surface area (Å²) in [6, 6.07) is 17.9. The molecule has 5 heteroatoms. The normalized spacial score (nSPS) is 10.4. The van der Waals surface area contributed by atoms with E-state index in [0.717, 1.165) is 16.9 Å². The van der Waals surface area contributed by atoms with Crippen LogP contribution >= 0.6 is 0 Å². The van der Waals surface area contributed by atoms with Gasteiger partial charge >= 0.3 is 5.97 Å². The van der Waals surface area contributed by atoms with Gasteiger partial charge in [-0.15, -0.1) is 0 Å². The Labute approximate surface area is 140 Å². The van der Waals surface area contributed by atoms with Crippen molar-refractivity contribution in [2.45, 2.75) is 13.0 Å². The number of ether oxygens (including phenoxy) is 2. The Morgan fingerprint density at radius 2 is 1.88 bits per heavy atom. The van der Waals surface area contributed by atoms with E-state index >= 15 is 0 Å². The number of hydrogen-bond acceptors (Lipinski definition) is 4. The lowest BCUT2D eigenvalue weighted by molar-refractivity contribution is 0.0594. The van der Waals surface area contributed by atoms with Crippen molar-refractivity contribution >= 4 is 5.97 Å². The predicted octanol–water partition coefficient (Wildman–Crippen LogP) is 3.37. The van der Waals surface area contributed by atoms with E-state index in [0.29, 0.717) is 24.5 Å². The molecule has 0 saturated heterocycles. The molecule has 0 unspecified atom stereocenters. The summed E-state index contributed by atoms with van der Waals surface area (Å²) in [6.45, 7) is 0.525. The molecule has 0 spiro atoms. The first-order chi connectivity index (χ1) is 11.7. The summed E-state index contributed by atoms with van der Waals surface area (Å²) in [5.41, 5.74) is 2.52. The minimum Gasteiger partial charge on any atom is -0.489 e. The molecule has 0 aliphatic heterocycles. The quantitative estimate of drug-likeness (QED) is 0.707. The van der Waals surface area contributed by atoms with E-state index in [1.807, 2.05) is 54.6 Å². The average Bonchev–Trinajstić information content (AvgIpc) is 3.09. The highest BCUT2D eigenvalue weighted by Gasteiger charge is 2.10. The molecule has 1 aromatic heterocycles. The molecule has 2 aromatic carbocycles. The Morgan fingerprint density at radius 1 is 1.08 bits per heavy atom. The average molecular weight is 322 g/mol. The van der Waals surface area contributed by atoms with Gasteiger partial charge in [-0.25, -0.2) is 9.78 Å². The predicted molar refractivity (Wildman–Crippen MR) is 89.9 cm³/mol. The lowest BCUT2D eigenvalue weighted by Crippen LogP contribution is -2.01. The van der Waals surface area contributed by atoms with Gasteiger partial charge in [0.25, 0.3) is 0 Å². The van der Waals surface area contributed by atoms with Crippen LogP contribution in [-0.2, 0) is 17.8 Å². The fraction of sp³-hybridized carbons (Fsp3) is 0.158. The Hall–Kier alpha value is -3.08. The van der Waals surface area contributed by atoms with Crippen molar-refractivity contribution in [2.24, 2.45) is 0 Å². The number of benzene rings is 2. The zero-order valence-corrected chi connectivity index (χ0v) is 13.4. The molecule has 5 nitrogen and oxygen atoms in total. The van der Waals surface area contributed by atoms with E-state index in [-0.39, 0.29) is 0 Å². The van der Waals surface area contributed by atoms with Crippen LogP contribution in [0.25, 0.3) is 0 Å². The minimum absolute atomic E-state index is 0.351. The van der Waals surface area contributed by atoms with Crippen LogP contribution in [0.3, 0.4) is 0 Å². The molecule has 0 atom stereocenters. The van der Waals surface area contributed by atoms with Gasteiger partial charge < -0.3 is 14.5 Å². The molecule has 0 aliphatic carbocycles. The lowest BCUT2D eigenvalue weighted by atomic mass is 10.1. The molecule has 1 heterocycles. The second kappa shape index (κ2) is 7.46. The Kier molecular flexibility index (Phi) is 4.91. The van der Waals surface area contributed by atoms with Gasteiger partial charge in [0, 0.05) is 6.42 Å². The Bertz CT molecular complexity index is 812. The van der Waals surface area contributed by atoms with Gasteiger partial charge in [-0.2, -0.15) is 0 Å². The van der Waals surface area contributed by atoms with Crippen LogP contribution in [0.4, 0.5) is 0 Å². The second-order valence-electron chi connectivity index (χ2n) is 5.33. The fourth-order valence-electron chi connectivity index (χ4n) is 2.35. The summed E-state index contributed by atoms with van der Waals surface area (Å²) in [4.78, 5) is 18.6. The Balaban J connectivity index is 1.64. The van der Waals surface area contributed by atoms with E-state index in [4.69, 9.17) is 4.74 Å². The first-order valence-corrected chi connectivity index (χ1v) is 7.62. The van der Waals surface area contributed by atoms with Gasteiger partial charge in [0.05, 0.1) is 13.3 Å². The highest BCUT2D eigenvalue weighted by Crippen LogP contribution is 2.17. The van der Waals surface area contributed by atoms with Crippen molar-refractivity contribution in [2.75, 3.05) is 7.11 Å². The van der Waals surface area contributed by atoms with Crippen molar-refractivity contribution in [1.29, 1.82) is 0 Å². The van der Waals surface area contributed by atoms with E-state index in [9.17, 15) is 4.79 Å².